The van der Waals surface area contributed by atoms with Crippen LogP contribution in [0.5, 0.6) is 0 Å². The van der Waals surface area contributed by atoms with Gasteiger partial charge in [-0.25, -0.2) is 4.98 Å². The van der Waals surface area contributed by atoms with E-state index in [2.05, 4.69) is 9.72 Å². The molecule has 0 aromatic carbocycles. The van der Waals surface area contributed by atoms with Crippen molar-refractivity contribution in [3.63, 3.8) is 0 Å². The molecule has 0 amide bonds. The number of ether oxygens (including phenoxy) is 1. The molecule has 19 heavy (non-hydrogen) atoms. The van der Waals surface area contributed by atoms with Crippen LogP contribution in [0.25, 0.3) is 0 Å². The molecule has 1 aromatic rings. The van der Waals surface area contributed by atoms with Crippen molar-refractivity contribution in [2.45, 2.75) is 26.8 Å². The van der Waals surface area contributed by atoms with Crippen molar-refractivity contribution in [2.75, 3.05) is 25.6 Å². The maximum absolute atomic E-state index is 12.2. The Bertz CT molecular complexity index is 484. The molecule has 0 N–H and O–H groups in total. The SMILES string of the molecule is CCCn1ccnc(N(C)CC(C)C(=O)OC)c1=O. The molecule has 0 aliphatic rings. The largest absolute Gasteiger partial charge is 0.469 e. The highest BCUT2D eigenvalue weighted by Gasteiger charge is 2.18. The van der Waals surface area contributed by atoms with Gasteiger partial charge >= 0.3 is 5.97 Å². The number of anilines is 1. The van der Waals surface area contributed by atoms with Crippen molar-refractivity contribution in [1.82, 2.24) is 9.55 Å². The van der Waals surface area contributed by atoms with E-state index in [4.69, 9.17) is 0 Å². The van der Waals surface area contributed by atoms with Gasteiger partial charge in [-0.15, -0.1) is 0 Å². The van der Waals surface area contributed by atoms with Crippen LogP contribution in [0.15, 0.2) is 17.2 Å². The van der Waals surface area contributed by atoms with Crippen LogP contribution in [0, 0.1) is 5.92 Å². The third-order valence-electron chi connectivity index (χ3n) is 2.87. The van der Waals surface area contributed by atoms with E-state index in [9.17, 15) is 9.59 Å². The van der Waals surface area contributed by atoms with Crippen molar-refractivity contribution in [1.29, 1.82) is 0 Å². The lowest BCUT2D eigenvalue weighted by Crippen LogP contribution is -2.35. The minimum Gasteiger partial charge on any atom is -0.469 e. The molecule has 0 bridgehead atoms. The Morgan fingerprint density at radius 2 is 2.26 bits per heavy atom. The summed E-state index contributed by atoms with van der Waals surface area (Å²) in [4.78, 5) is 29.3. The van der Waals surface area contributed by atoms with Crippen LogP contribution in [0.1, 0.15) is 20.3 Å². The van der Waals surface area contributed by atoms with E-state index in [0.717, 1.165) is 6.42 Å². The van der Waals surface area contributed by atoms with Crippen LogP contribution in [0.3, 0.4) is 0 Å². The predicted molar refractivity (Wildman–Crippen MR) is 73.2 cm³/mol. The smallest absolute Gasteiger partial charge is 0.310 e. The Kier molecular flexibility index (Phi) is 5.54. The van der Waals surface area contributed by atoms with E-state index in [0.29, 0.717) is 18.9 Å². The van der Waals surface area contributed by atoms with E-state index in [-0.39, 0.29) is 17.4 Å². The summed E-state index contributed by atoms with van der Waals surface area (Å²) in [6.07, 6.45) is 4.16. The second-order valence-corrected chi connectivity index (χ2v) is 4.55. The molecule has 0 aliphatic carbocycles. The number of carbonyl (C=O) groups is 1. The minimum atomic E-state index is -0.309. The van der Waals surface area contributed by atoms with Gasteiger partial charge in [-0.2, -0.15) is 0 Å². The Hall–Kier alpha value is -1.85. The highest BCUT2D eigenvalue weighted by molar-refractivity contribution is 5.72. The molecule has 6 nitrogen and oxygen atoms in total. The quantitative estimate of drug-likeness (QED) is 0.716. The van der Waals surface area contributed by atoms with Gasteiger partial charge < -0.3 is 14.2 Å². The van der Waals surface area contributed by atoms with Crippen LogP contribution in [-0.4, -0.2) is 36.2 Å². The Balaban J connectivity index is 2.88. The summed E-state index contributed by atoms with van der Waals surface area (Å²) < 4.78 is 6.30. The maximum atomic E-state index is 12.2. The first-order chi connectivity index (χ1) is 9.01. The second kappa shape index (κ2) is 6.92. The average molecular weight is 267 g/mol. The van der Waals surface area contributed by atoms with Gasteiger partial charge in [0.15, 0.2) is 5.82 Å². The molecule has 6 heteroatoms. The minimum absolute atomic E-state index is 0.135. The van der Waals surface area contributed by atoms with Gasteiger partial charge in [0.05, 0.1) is 13.0 Å². The molecule has 1 heterocycles. The number of hydrogen-bond donors (Lipinski definition) is 0. The predicted octanol–water partition coefficient (Wildman–Crippen LogP) is 0.899. The monoisotopic (exact) mass is 267 g/mol. The number of aryl methyl sites for hydroxylation is 1. The zero-order chi connectivity index (χ0) is 14.4. The molecule has 0 radical (unpaired) electrons. The van der Waals surface area contributed by atoms with Gasteiger partial charge in [0, 0.05) is 32.5 Å². The highest BCUT2D eigenvalue weighted by Crippen LogP contribution is 2.06. The fourth-order valence-electron chi connectivity index (χ4n) is 1.89. The lowest BCUT2D eigenvalue weighted by Gasteiger charge is -2.21. The summed E-state index contributed by atoms with van der Waals surface area (Å²) >= 11 is 0. The third-order valence-corrected chi connectivity index (χ3v) is 2.87. The standard InChI is InChI=1S/C13H21N3O3/c1-5-7-16-8-6-14-11(12(16)17)15(3)9-10(2)13(18)19-4/h6,8,10H,5,7,9H2,1-4H3. The molecular weight excluding hydrogens is 246 g/mol. The Morgan fingerprint density at radius 1 is 1.58 bits per heavy atom. The molecule has 0 saturated heterocycles. The van der Waals surface area contributed by atoms with Gasteiger partial charge in [-0.1, -0.05) is 13.8 Å². The van der Waals surface area contributed by atoms with Gasteiger partial charge in [0.1, 0.15) is 0 Å². The second-order valence-electron chi connectivity index (χ2n) is 4.55. The van der Waals surface area contributed by atoms with E-state index >= 15 is 0 Å². The fourth-order valence-corrected chi connectivity index (χ4v) is 1.89. The summed E-state index contributed by atoms with van der Waals surface area (Å²) in [5.74, 6) is -0.251. The number of rotatable bonds is 6. The molecule has 1 atom stereocenters. The number of methoxy groups -OCH3 is 1. The molecule has 0 spiro atoms. The van der Waals surface area contributed by atoms with Gasteiger partial charge in [-0.3, -0.25) is 9.59 Å². The number of esters is 1. The van der Waals surface area contributed by atoms with Gasteiger partial charge in [0.25, 0.3) is 5.56 Å². The topological polar surface area (TPSA) is 64.4 Å². The third kappa shape index (κ3) is 3.81. The summed E-state index contributed by atoms with van der Waals surface area (Å²) in [7, 11) is 3.10. The first kappa shape index (κ1) is 15.2. The van der Waals surface area contributed by atoms with Crippen LogP contribution < -0.4 is 10.5 Å². The lowest BCUT2D eigenvalue weighted by molar-refractivity contribution is -0.144. The van der Waals surface area contributed by atoms with Crippen molar-refractivity contribution < 1.29 is 9.53 Å². The van der Waals surface area contributed by atoms with Crippen molar-refractivity contribution >= 4 is 11.8 Å². The van der Waals surface area contributed by atoms with E-state index < -0.39 is 0 Å². The molecule has 1 unspecified atom stereocenters. The lowest BCUT2D eigenvalue weighted by atomic mass is 10.2. The first-order valence-corrected chi connectivity index (χ1v) is 6.35. The van der Waals surface area contributed by atoms with E-state index in [1.807, 2.05) is 6.92 Å². The normalized spacial score (nSPS) is 12.0. The van der Waals surface area contributed by atoms with Crippen molar-refractivity contribution in [3.8, 4) is 0 Å². The van der Waals surface area contributed by atoms with Crippen molar-refractivity contribution in [2.24, 2.45) is 5.92 Å². The van der Waals surface area contributed by atoms with Gasteiger partial charge in [0.2, 0.25) is 0 Å². The van der Waals surface area contributed by atoms with E-state index in [1.165, 1.54) is 7.11 Å². The fraction of sp³-hybridized carbons (Fsp3) is 0.615. The van der Waals surface area contributed by atoms with Crippen LogP contribution in [0.4, 0.5) is 5.82 Å². The average Bonchev–Trinajstić information content (AvgIpc) is 2.40. The van der Waals surface area contributed by atoms with Gasteiger partial charge in [-0.05, 0) is 6.42 Å². The summed E-state index contributed by atoms with van der Waals surface area (Å²) in [5.41, 5.74) is -0.135. The molecule has 106 valence electrons. The molecular formula is C13H21N3O3. The zero-order valence-corrected chi connectivity index (χ0v) is 11.9. The number of nitrogens with zero attached hydrogens (tertiary/aromatic N) is 3. The maximum Gasteiger partial charge on any atom is 0.310 e. The molecule has 0 saturated carbocycles. The van der Waals surface area contributed by atoms with Crippen LogP contribution in [0.2, 0.25) is 0 Å². The molecule has 1 rings (SSSR count). The van der Waals surface area contributed by atoms with Crippen LogP contribution >= 0.6 is 0 Å². The number of carbonyl (C=O) groups excluding carboxylic acids is 1. The Labute approximate surface area is 113 Å². The highest BCUT2D eigenvalue weighted by atomic mass is 16.5. The Morgan fingerprint density at radius 3 is 2.84 bits per heavy atom. The van der Waals surface area contributed by atoms with Crippen molar-refractivity contribution in [3.05, 3.63) is 22.7 Å². The summed E-state index contributed by atoms with van der Waals surface area (Å²) in [6, 6.07) is 0. The summed E-state index contributed by atoms with van der Waals surface area (Å²) in [5, 5.41) is 0. The van der Waals surface area contributed by atoms with Crippen LogP contribution in [-0.2, 0) is 16.1 Å². The first-order valence-electron chi connectivity index (χ1n) is 6.35. The zero-order valence-electron chi connectivity index (χ0n) is 11.9. The number of aromatic nitrogens is 2. The molecule has 1 aromatic heterocycles. The molecule has 0 aliphatic heterocycles. The molecule has 0 fully saturated rings. The summed E-state index contributed by atoms with van der Waals surface area (Å²) in [6.45, 7) is 4.82. The van der Waals surface area contributed by atoms with E-state index in [1.54, 1.807) is 35.8 Å². The number of hydrogen-bond acceptors (Lipinski definition) is 5.